The van der Waals surface area contributed by atoms with Crippen LogP contribution >= 0.6 is 0 Å². The second-order valence-corrected chi connectivity index (χ2v) is 11.3. The van der Waals surface area contributed by atoms with E-state index in [1.807, 2.05) is 32.6 Å². The van der Waals surface area contributed by atoms with Gasteiger partial charge in [0.1, 0.15) is 5.69 Å². The molecule has 0 aromatic carbocycles. The van der Waals surface area contributed by atoms with Crippen molar-refractivity contribution in [3.8, 4) is 0 Å². The molecule has 2 amide bonds. The summed E-state index contributed by atoms with van der Waals surface area (Å²) in [6, 6.07) is 1.52. The predicted molar refractivity (Wildman–Crippen MR) is 134 cm³/mol. The Labute approximate surface area is 212 Å². The highest BCUT2D eigenvalue weighted by molar-refractivity contribution is 5.97. The maximum absolute atomic E-state index is 14.6. The Kier molecular flexibility index (Phi) is 7.22. The second kappa shape index (κ2) is 9.78. The highest BCUT2D eigenvalue weighted by Gasteiger charge is 2.43. The van der Waals surface area contributed by atoms with Crippen molar-refractivity contribution in [2.24, 2.45) is 0 Å². The Morgan fingerprint density at radius 1 is 1.28 bits per heavy atom. The summed E-state index contributed by atoms with van der Waals surface area (Å²) >= 11 is 0. The molecule has 3 aliphatic rings. The van der Waals surface area contributed by atoms with E-state index < -0.39 is 17.0 Å². The Balaban J connectivity index is 1.54. The van der Waals surface area contributed by atoms with Crippen LogP contribution in [-0.2, 0) is 20.9 Å². The minimum absolute atomic E-state index is 0.0251. The molecular weight excluding hydrogens is 466 g/mol. The molecule has 8 nitrogen and oxygen atoms in total. The Morgan fingerprint density at radius 2 is 2.00 bits per heavy atom. The van der Waals surface area contributed by atoms with Crippen LogP contribution in [0.5, 0.6) is 0 Å². The SMILES string of the molecule is CCCC(F)(F)c1cc2c(nn1)C(C)(C)CN2C(=O)CN1CC(C)NC[C@@H]1CN1CC(C)=C(C)C1=O. The van der Waals surface area contributed by atoms with Gasteiger partial charge in [-0.1, -0.05) is 27.2 Å². The third-order valence-corrected chi connectivity index (χ3v) is 7.67. The molecule has 0 aliphatic carbocycles. The number of alkyl halides is 2. The first-order valence-corrected chi connectivity index (χ1v) is 12.8. The zero-order valence-corrected chi connectivity index (χ0v) is 22.2. The van der Waals surface area contributed by atoms with Gasteiger partial charge < -0.3 is 15.1 Å². The van der Waals surface area contributed by atoms with E-state index in [9.17, 15) is 18.4 Å². The average Bonchev–Trinajstić information content (AvgIpc) is 3.22. The summed E-state index contributed by atoms with van der Waals surface area (Å²) in [5, 5.41) is 11.5. The fourth-order valence-corrected chi connectivity index (χ4v) is 5.43. The molecule has 1 aromatic rings. The third-order valence-electron chi connectivity index (χ3n) is 7.67. The number of halogens is 2. The highest BCUT2D eigenvalue weighted by atomic mass is 19.3. The van der Waals surface area contributed by atoms with Gasteiger partial charge in [0, 0.05) is 62.2 Å². The number of carbonyl (C=O) groups is 2. The van der Waals surface area contributed by atoms with Crippen molar-refractivity contribution in [2.45, 2.75) is 77.8 Å². The van der Waals surface area contributed by atoms with Crippen LogP contribution in [0, 0.1) is 0 Å². The van der Waals surface area contributed by atoms with Gasteiger partial charge in [0.05, 0.1) is 17.9 Å². The average molecular weight is 505 g/mol. The van der Waals surface area contributed by atoms with Crippen molar-refractivity contribution in [3.05, 3.63) is 28.6 Å². The van der Waals surface area contributed by atoms with Gasteiger partial charge in [0.15, 0.2) is 0 Å². The number of hydrogen-bond acceptors (Lipinski definition) is 6. The quantitative estimate of drug-likeness (QED) is 0.615. The number of hydrogen-bond donors (Lipinski definition) is 1. The lowest BCUT2D eigenvalue weighted by molar-refractivity contribution is -0.126. The molecule has 36 heavy (non-hydrogen) atoms. The molecule has 4 rings (SSSR count). The van der Waals surface area contributed by atoms with Crippen LogP contribution < -0.4 is 10.2 Å². The van der Waals surface area contributed by atoms with Gasteiger partial charge in [0.2, 0.25) is 11.8 Å². The third kappa shape index (κ3) is 5.02. The van der Waals surface area contributed by atoms with Gasteiger partial charge in [-0.15, -0.1) is 5.10 Å². The minimum atomic E-state index is -3.09. The lowest BCUT2D eigenvalue weighted by Gasteiger charge is -2.41. The number of nitrogens with zero attached hydrogens (tertiary/aromatic N) is 5. The number of anilines is 1. The maximum Gasteiger partial charge on any atom is 0.291 e. The van der Waals surface area contributed by atoms with Gasteiger partial charge in [-0.05, 0) is 32.4 Å². The minimum Gasteiger partial charge on any atom is -0.333 e. The topological polar surface area (TPSA) is 81.7 Å². The first-order chi connectivity index (χ1) is 16.8. The molecule has 1 fully saturated rings. The smallest absolute Gasteiger partial charge is 0.291 e. The van der Waals surface area contributed by atoms with Gasteiger partial charge in [-0.3, -0.25) is 14.5 Å². The maximum atomic E-state index is 14.6. The van der Waals surface area contributed by atoms with E-state index in [0.29, 0.717) is 50.5 Å². The number of amides is 2. The van der Waals surface area contributed by atoms with E-state index in [1.165, 1.54) is 6.07 Å². The number of piperazine rings is 1. The summed E-state index contributed by atoms with van der Waals surface area (Å²) in [6.45, 7) is 14.5. The fourth-order valence-electron chi connectivity index (χ4n) is 5.43. The lowest BCUT2D eigenvalue weighted by atomic mass is 9.91. The molecule has 0 bridgehead atoms. The molecule has 1 N–H and O–H groups in total. The zero-order valence-electron chi connectivity index (χ0n) is 22.2. The van der Waals surface area contributed by atoms with Crippen LogP contribution in [-0.4, -0.2) is 83.2 Å². The number of carbonyl (C=O) groups excluding carboxylic acids is 2. The Morgan fingerprint density at radius 3 is 2.64 bits per heavy atom. The monoisotopic (exact) mass is 504 g/mol. The van der Waals surface area contributed by atoms with Crippen LogP contribution in [0.25, 0.3) is 0 Å². The van der Waals surface area contributed by atoms with Crippen LogP contribution in [0.3, 0.4) is 0 Å². The van der Waals surface area contributed by atoms with Crippen molar-refractivity contribution in [2.75, 3.05) is 44.2 Å². The standard InChI is InChI=1S/C26H38F2N6O2/c1-7-8-26(27,28)21-9-20-23(31-30-21)25(5,6)15-34(20)22(35)14-32-12-17(3)29-10-19(32)13-33-11-16(2)18(4)24(33)36/h9,17,19,29H,7-8,10-15H2,1-6H3/t17?,19-/m1/s1. The van der Waals surface area contributed by atoms with E-state index in [0.717, 1.165) is 11.1 Å². The van der Waals surface area contributed by atoms with Crippen LogP contribution in [0.4, 0.5) is 14.5 Å². The summed E-state index contributed by atoms with van der Waals surface area (Å²) in [5.41, 5.74) is 1.98. The van der Waals surface area contributed by atoms with Crippen molar-refractivity contribution in [1.82, 2.24) is 25.3 Å². The summed E-state index contributed by atoms with van der Waals surface area (Å²) in [7, 11) is 0. The highest BCUT2D eigenvalue weighted by Crippen LogP contribution is 2.42. The molecule has 3 aliphatic heterocycles. The molecule has 0 spiro atoms. The van der Waals surface area contributed by atoms with Crippen LogP contribution in [0.1, 0.15) is 65.8 Å². The van der Waals surface area contributed by atoms with Crippen LogP contribution in [0.15, 0.2) is 17.2 Å². The molecule has 198 valence electrons. The molecule has 0 saturated carbocycles. The number of fused-ring (bicyclic) bond motifs is 1. The van der Waals surface area contributed by atoms with Crippen LogP contribution in [0.2, 0.25) is 0 Å². The fraction of sp³-hybridized carbons (Fsp3) is 0.692. The molecule has 4 heterocycles. The summed E-state index contributed by atoms with van der Waals surface area (Å²) in [5.74, 6) is -3.20. The molecule has 1 saturated heterocycles. The predicted octanol–water partition coefficient (Wildman–Crippen LogP) is 2.83. The molecule has 1 aromatic heterocycles. The van der Waals surface area contributed by atoms with Crippen molar-refractivity contribution in [3.63, 3.8) is 0 Å². The Hall–Kier alpha value is -2.46. The molecule has 2 atom stereocenters. The summed E-state index contributed by atoms with van der Waals surface area (Å²) in [6.07, 6.45) is -0.00224. The van der Waals surface area contributed by atoms with Gasteiger partial charge in [-0.25, -0.2) is 0 Å². The molecule has 10 heteroatoms. The van der Waals surface area contributed by atoms with E-state index in [1.54, 1.807) is 11.8 Å². The first kappa shape index (κ1) is 26.6. The number of aromatic nitrogens is 2. The normalized spacial score (nSPS) is 24.6. The van der Waals surface area contributed by atoms with E-state index in [4.69, 9.17) is 0 Å². The summed E-state index contributed by atoms with van der Waals surface area (Å²) < 4.78 is 29.3. The van der Waals surface area contributed by atoms with Gasteiger partial charge in [-0.2, -0.15) is 13.9 Å². The number of rotatable bonds is 7. The van der Waals surface area contributed by atoms with E-state index in [-0.39, 0.29) is 36.9 Å². The van der Waals surface area contributed by atoms with Crippen molar-refractivity contribution in [1.29, 1.82) is 0 Å². The van der Waals surface area contributed by atoms with E-state index >= 15 is 0 Å². The largest absolute Gasteiger partial charge is 0.333 e. The van der Waals surface area contributed by atoms with Crippen molar-refractivity contribution < 1.29 is 18.4 Å². The zero-order chi connectivity index (χ0) is 26.4. The van der Waals surface area contributed by atoms with E-state index in [2.05, 4.69) is 27.3 Å². The Bertz CT molecular complexity index is 1070. The molecule has 0 radical (unpaired) electrons. The first-order valence-electron chi connectivity index (χ1n) is 12.8. The molecular formula is C26H38F2N6O2. The lowest BCUT2D eigenvalue weighted by Crippen LogP contribution is -2.61. The second-order valence-electron chi connectivity index (χ2n) is 11.3. The summed E-state index contributed by atoms with van der Waals surface area (Å²) in [4.78, 5) is 31.8. The van der Waals surface area contributed by atoms with Gasteiger partial charge in [0.25, 0.3) is 5.92 Å². The molecule has 1 unspecified atom stereocenters. The van der Waals surface area contributed by atoms with Gasteiger partial charge >= 0.3 is 0 Å². The number of nitrogens with one attached hydrogen (secondary N) is 1. The van der Waals surface area contributed by atoms with Crippen molar-refractivity contribution >= 4 is 17.5 Å².